The van der Waals surface area contributed by atoms with Crippen LogP contribution in [0, 0.1) is 13.3 Å². The van der Waals surface area contributed by atoms with Crippen LogP contribution in [0.2, 0.25) is 0 Å². The Morgan fingerprint density at radius 1 is 1.00 bits per heavy atom. The van der Waals surface area contributed by atoms with Crippen LogP contribution in [0.3, 0.4) is 0 Å². The second-order valence-corrected chi connectivity index (χ2v) is 2.21. The van der Waals surface area contributed by atoms with Gasteiger partial charge in [0.1, 0.15) is 0 Å². The summed E-state index contributed by atoms with van der Waals surface area (Å²) in [6, 6.07) is 0. The average Bonchev–Trinajstić information content (AvgIpc) is 2.10. The van der Waals surface area contributed by atoms with E-state index >= 15 is 0 Å². The maximum atomic E-state index is 5.19. The van der Waals surface area contributed by atoms with Crippen LogP contribution in [0.5, 0.6) is 0 Å². The molecule has 0 saturated carbocycles. The van der Waals surface area contributed by atoms with Crippen LogP contribution in [0.1, 0.15) is 6.92 Å². The van der Waals surface area contributed by atoms with Gasteiger partial charge in [-0.05, 0) is 13.3 Å². The minimum absolute atomic E-state index is 0.505. The lowest BCUT2D eigenvalue weighted by atomic mass is 10.5. The molecule has 0 atom stereocenters. The first-order chi connectivity index (χ1) is 5.91. The van der Waals surface area contributed by atoms with E-state index in [0.717, 1.165) is 0 Å². The zero-order valence-corrected chi connectivity index (χ0v) is 7.75. The normalized spacial score (nSPS) is 10.5. The van der Waals surface area contributed by atoms with Crippen molar-refractivity contribution in [1.82, 2.24) is 0 Å². The molecule has 0 bridgehead atoms. The first-order valence-electron chi connectivity index (χ1n) is 4.22. The van der Waals surface area contributed by atoms with E-state index in [0.29, 0.717) is 39.6 Å². The van der Waals surface area contributed by atoms with Crippen LogP contribution in [0.25, 0.3) is 0 Å². The molecule has 2 radical (unpaired) electrons. The lowest BCUT2D eigenvalue weighted by Crippen LogP contribution is -2.09. The lowest BCUT2D eigenvalue weighted by Gasteiger charge is -2.04. The van der Waals surface area contributed by atoms with Crippen LogP contribution in [0.4, 0.5) is 0 Å². The third-order valence-electron chi connectivity index (χ3n) is 1.17. The highest BCUT2D eigenvalue weighted by atomic mass is 16.5. The van der Waals surface area contributed by atoms with Crippen molar-refractivity contribution in [2.45, 2.75) is 6.92 Å². The Morgan fingerprint density at radius 3 is 2.17 bits per heavy atom. The van der Waals surface area contributed by atoms with Crippen LogP contribution >= 0.6 is 0 Å². The van der Waals surface area contributed by atoms with Gasteiger partial charge in [-0.15, -0.1) is 0 Å². The highest BCUT2D eigenvalue weighted by Crippen LogP contribution is 1.81. The van der Waals surface area contributed by atoms with E-state index in [9.17, 15) is 0 Å². The monoisotopic (exact) mass is 174 g/mol. The van der Waals surface area contributed by atoms with Crippen molar-refractivity contribution < 1.29 is 14.2 Å². The average molecular weight is 174 g/mol. The van der Waals surface area contributed by atoms with E-state index in [1.54, 1.807) is 0 Å². The van der Waals surface area contributed by atoms with Crippen molar-refractivity contribution in [2.75, 3.05) is 39.6 Å². The smallest absolute Gasteiger partial charge is 0.0701 e. The largest absolute Gasteiger partial charge is 0.379 e. The zero-order chi connectivity index (χ0) is 9.07. The van der Waals surface area contributed by atoms with Gasteiger partial charge in [0.15, 0.2) is 0 Å². The molecule has 0 fully saturated rings. The number of rotatable bonds is 9. The summed E-state index contributed by atoms with van der Waals surface area (Å²) < 4.78 is 15.3. The summed E-state index contributed by atoms with van der Waals surface area (Å²) in [7, 11) is 0. The molecule has 3 heteroatoms. The van der Waals surface area contributed by atoms with Crippen molar-refractivity contribution >= 4 is 0 Å². The standard InChI is InChI=1S/C9H18O3/c1-3-5-11-8-9-12-7-6-10-4-2/h3H,2,4-9H2,1H3. The molecule has 0 N–H and O–H groups in total. The molecule has 0 aromatic heterocycles. The van der Waals surface area contributed by atoms with Gasteiger partial charge in [-0.25, -0.2) is 0 Å². The Labute approximate surface area is 75.0 Å². The maximum absolute atomic E-state index is 5.19. The van der Waals surface area contributed by atoms with Crippen molar-refractivity contribution in [3.05, 3.63) is 13.3 Å². The molecule has 0 aromatic rings. The van der Waals surface area contributed by atoms with Crippen LogP contribution in [-0.2, 0) is 14.2 Å². The molecule has 0 aliphatic heterocycles. The lowest BCUT2D eigenvalue weighted by molar-refractivity contribution is 0.0234. The van der Waals surface area contributed by atoms with E-state index in [-0.39, 0.29) is 0 Å². The van der Waals surface area contributed by atoms with Gasteiger partial charge in [0.2, 0.25) is 0 Å². The van der Waals surface area contributed by atoms with Crippen molar-refractivity contribution in [1.29, 1.82) is 0 Å². The molecule has 0 spiro atoms. The van der Waals surface area contributed by atoms with E-state index in [1.165, 1.54) is 0 Å². The molecule has 0 amide bonds. The van der Waals surface area contributed by atoms with Gasteiger partial charge in [-0.3, -0.25) is 0 Å². The molecule has 12 heavy (non-hydrogen) atoms. The van der Waals surface area contributed by atoms with Gasteiger partial charge in [-0.1, -0.05) is 6.92 Å². The second kappa shape index (κ2) is 10.9. The third-order valence-corrected chi connectivity index (χ3v) is 1.17. The Balaban J connectivity index is 2.73. The van der Waals surface area contributed by atoms with E-state index in [2.05, 4.69) is 6.92 Å². The Hall–Kier alpha value is -0.120. The Kier molecular flexibility index (Phi) is 10.8. The zero-order valence-electron chi connectivity index (χ0n) is 7.75. The molecule has 0 aromatic carbocycles. The molecule has 0 rings (SSSR count). The van der Waals surface area contributed by atoms with E-state index in [4.69, 9.17) is 14.2 Å². The number of ether oxygens (including phenoxy) is 3. The van der Waals surface area contributed by atoms with E-state index < -0.39 is 0 Å². The van der Waals surface area contributed by atoms with Crippen molar-refractivity contribution in [3.8, 4) is 0 Å². The van der Waals surface area contributed by atoms with Gasteiger partial charge >= 0.3 is 0 Å². The Morgan fingerprint density at radius 2 is 1.58 bits per heavy atom. The van der Waals surface area contributed by atoms with Gasteiger partial charge in [0, 0.05) is 13.2 Å². The van der Waals surface area contributed by atoms with Gasteiger partial charge in [0.25, 0.3) is 0 Å². The molecule has 0 unspecified atom stereocenters. The van der Waals surface area contributed by atoms with Gasteiger partial charge in [-0.2, -0.15) is 0 Å². The highest BCUT2D eigenvalue weighted by Gasteiger charge is 1.88. The van der Waals surface area contributed by atoms with Crippen molar-refractivity contribution in [3.63, 3.8) is 0 Å². The number of hydrogen-bond acceptors (Lipinski definition) is 3. The molecule has 72 valence electrons. The quantitative estimate of drug-likeness (QED) is 0.490. The van der Waals surface area contributed by atoms with Crippen LogP contribution in [-0.4, -0.2) is 39.6 Å². The summed E-state index contributed by atoms with van der Waals surface area (Å²) in [5.74, 6) is 0. The van der Waals surface area contributed by atoms with E-state index in [1.807, 2.05) is 13.3 Å². The minimum atomic E-state index is 0.505. The molecule has 3 nitrogen and oxygen atoms in total. The van der Waals surface area contributed by atoms with Gasteiger partial charge < -0.3 is 14.2 Å². The summed E-state index contributed by atoms with van der Waals surface area (Å²) in [6.07, 6.45) is 1.96. The fourth-order valence-electron chi connectivity index (χ4n) is 0.641. The van der Waals surface area contributed by atoms with Crippen LogP contribution in [0.15, 0.2) is 0 Å². The summed E-state index contributed by atoms with van der Waals surface area (Å²) >= 11 is 0. The summed E-state index contributed by atoms with van der Waals surface area (Å²) in [4.78, 5) is 0. The van der Waals surface area contributed by atoms with Gasteiger partial charge in [0.05, 0.1) is 26.4 Å². The van der Waals surface area contributed by atoms with Crippen molar-refractivity contribution in [2.24, 2.45) is 0 Å². The first-order valence-corrected chi connectivity index (χ1v) is 4.22. The highest BCUT2D eigenvalue weighted by molar-refractivity contribution is 4.50. The fourth-order valence-corrected chi connectivity index (χ4v) is 0.641. The molecule has 0 aliphatic carbocycles. The second-order valence-electron chi connectivity index (χ2n) is 2.21. The topological polar surface area (TPSA) is 27.7 Å². The summed E-state index contributed by atoms with van der Waals surface area (Å²) in [6.45, 7) is 9.21. The fraction of sp³-hybridized carbons (Fsp3) is 0.778. The molecular weight excluding hydrogens is 156 g/mol. The Bertz CT molecular complexity index is 66.2. The summed E-state index contributed by atoms with van der Waals surface area (Å²) in [5, 5.41) is 0. The molecule has 0 heterocycles. The number of hydrogen-bond donors (Lipinski definition) is 0. The third kappa shape index (κ3) is 9.88. The maximum Gasteiger partial charge on any atom is 0.0701 e. The van der Waals surface area contributed by atoms with Crippen LogP contribution < -0.4 is 0 Å². The first kappa shape index (κ1) is 11.9. The molecule has 0 saturated heterocycles. The summed E-state index contributed by atoms with van der Waals surface area (Å²) in [5.41, 5.74) is 0. The molecular formula is C9H18O3. The molecule has 0 aliphatic rings. The predicted molar refractivity (Wildman–Crippen MR) is 47.8 cm³/mol. The predicted octanol–water partition coefficient (Wildman–Crippen LogP) is 1.09. The SMILES string of the molecule is [CH2]COCCOCCOC[CH]C. The minimum Gasteiger partial charge on any atom is -0.379 e.